The number of amides is 2. The first-order chi connectivity index (χ1) is 14.5. The molecule has 0 spiro atoms. The number of nitrogens with one attached hydrogen (secondary N) is 1. The molecule has 2 aromatic carbocycles. The van der Waals surface area contributed by atoms with E-state index in [1.807, 2.05) is 68.4 Å². The monoisotopic (exact) mass is 409 g/mol. The Bertz CT molecular complexity index is 839. The zero-order valence-corrected chi connectivity index (χ0v) is 17.8. The van der Waals surface area contributed by atoms with Gasteiger partial charge in [-0.15, -0.1) is 0 Å². The fourth-order valence-corrected chi connectivity index (χ4v) is 3.43. The van der Waals surface area contributed by atoms with Crippen LogP contribution in [0.5, 0.6) is 0 Å². The molecule has 0 atom stereocenters. The van der Waals surface area contributed by atoms with E-state index in [4.69, 9.17) is 4.74 Å². The van der Waals surface area contributed by atoms with Crippen molar-refractivity contribution >= 4 is 17.7 Å². The van der Waals surface area contributed by atoms with Crippen LogP contribution in [0.25, 0.3) is 0 Å². The van der Waals surface area contributed by atoms with Crippen molar-refractivity contribution in [3.05, 3.63) is 65.7 Å². The van der Waals surface area contributed by atoms with Crippen molar-refractivity contribution in [2.45, 2.75) is 26.8 Å². The van der Waals surface area contributed by atoms with Gasteiger partial charge in [0, 0.05) is 44.0 Å². The summed E-state index contributed by atoms with van der Waals surface area (Å²) in [6, 6.07) is 17.2. The highest BCUT2D eigenvalue weighted by molar-refractivity contribution is 6.04. The lowest BCUT2D eigenvalue weighted by atomic mass is 10.1. The van der Waals surface area contributed by atoms with Crippen LogP contribution in [-0.2, 0) is 11.3 Å². The molecule has 1 saturated heterocycles. The predicted octanol–water partition coefficient (Wildman–Crippen LogP) is 4.24. The van der Waals surface area contributed by atoms with Gasteiger partial charge >= 0.3 is 6.09 Å². The van der Waals surface area contributed by atoms with E-state index in [0.29, 0.717) is 31.2 Å². The Labute approximate surface area is 178 Å². The number of ether oxygens (including phenoxy) is 1. The number of benzene rings is 2. The Morgan fingerprint density at radius 3 is 2.57 bits per heavy atom. The summed E-state index contributed by atoms with van der Waals surface area (Å²) in [7, 11) is 0. The molecule has 1 fully saturated rings. The van der Waals surface area contributed by atoms with Crippen molar-refractivity contribution in [1.29, 1.82) is 0 Å². The maximum Gasteiger partial charge on any atom is 0.409 e. The van der Waals surface area contributed by atoms with Gasteiger partial charge in [-0.25, -0.2) is 4.79 Å². The third kappa shape index (κ3) is 6.59. The molecule has 160 valence electrons. The molecule has 0 bridgehead atoms. The van der Waals surface area contributed by atoms with Crippen molar-refractivity contribution in [3.63, 3.8) is 0 Å². The second kappa shape index (κ2) is 10.8. The first-order valence-corrected chi connectivity index (χ1v) is 10.6. The van der Waals surface area contributed by atoms with E-state index >= 15 is 0 Å². The molecule has 6 nitrogen and oxygen atoms in total. The molecule has 0 unspecified atom stereocenters. The Morgan fingerprint density at radius 2 is 1.80 bits per heavy atom. The minimum Gasteiger partial charge on any atom is -0.449 e. The number of carbonyl (C=O) groups is 2. The van der Waals surface area contributed by atoms with Crippen LogP contribution in [0.4, 0.5) is 10.5 Å². The summed E-state index contributed by atoms with van der Waals surface area (Å²) >= 11 is 0. The summed E-state index contributed by atoms with van der Waals surface area (Å²) in [6.07, 6.45) is 0.690. The minimum atomic E-state index is -0.217. The van der Waals surface area contributed by atoms with Gasteiger partial charge < -0.3 is 15.0 Å². The van der Waals surface area contributed by atoms with Crippen LogP contribution in [0.15, 0.2) is 54.6 Å². The number of rotatable bonds is 6. The van der Waals surface area contributed by atoms with Gasteiger partial charge in [-0.2, -0.15) is 0 Å². The SMILES string of the molecule is CC(C)COC(=O)N1CCCN(Cc2cccc(C(=O)Nc3ccccc3)c2)CC1. The molecule has 0 aromatic heterocycles. The van der Waals surface area contributed by atoms with Crippen molar-refractivity contribution < 1.29 is 14.3 Å². The van der Waals surface area contributed by atoms with E-state index in [9.17, 15) is 9.59 Å². The summed E-state index contributed by atoms with van der Waals surface area (Å²) in [6.45, 7) is 8.35. The van der Waals surface area contributed by atoms with Crippen LogP contribution in [0, 0.1) is 5.92 Å². The zero-order valence-electron chi connectivity index (χ0n) is 17.8. The number of nitrogens with zero attached hydrogens (tertiary/aromatic N) is 2. The van der Waals surface area contributed by atoms with Crippen LogP contribution in [0.2, 0.25) is 0 Å². The van der Waals surface area contributed by atoms with Crippen molar-refractivity contribution in [2.24, 2.45) is 5.92 Å². The zero-order chi connectivity index (χ0) is 21.3. The van der Waals surface area contributed by atoms with E-state index in [-0.39, 0.29) is 12.0 Å². The van der Waals surface area contributed by atoms with E-state index in [1.165, 1.54) is 0 Å². The number of hydrogen-bond acceptors (Lipinski definition) is 4. The molecule has 30 heavy (non-hydrogen) atoms. The molecule has 3 rings (SSSR count). The second-order valence-corrected chi connectivity index (χ2v) is 8.11. The topological polar surface area (TPSA) is 61.9 Å². The van der Waals surface area contributed by atoms with Crippen molar-refractivity contribution in [2.75, 3.05) is 38.1 Å². The number of carbonyl (C=O) groups excluding carboxylic acids is 2. The first-order valence-electron chi connectivity index (χ1n) is 10.6. The van der Waals surface area contributed by atoms with E-state index in [2.05, 4.69) is 10.2 Å². The third-order valence-electron chi connectivity index (χ3n) is 5.01. The molecule has 0 saturated carbocycles. The van der Waals surface area contributed by atoms with Gasteiger partial charge in [-0.05, 0) is 42.2 Å². The van der Waals surface area contributed by atoms with Gasteiger partial charge in [-0.1, -0.05) is 44.2 Å². The molecule has 0 aliphatic carbocycles. The minimum absolute atomic E-state index is 0.113. The van der Waals surface area contributed by atoms with E-state index < -0.39 is 0 Å². The fraction of sp³-hybridized carbons (Fsp3) is 0.417. The molecule has 1 N–H and O–H groups in total. The maximum atomic E-state index is 12.6. The highest BCUT2D eigenvalue weighted by Crippen LogP contribution is 2.14. The van der Waals surface area contributed by atoms with Gasteiger partial charge in [-0.3, -0.25) is 9.69 Å². The quantitative estimate of drug-likeness (QED) is 0.775. The lowest BCUT2D eigenvalue weighted by Gasteiger charge is -2.22. The molecule has 1 heterocycles. The van der Waals surface area contributed by atoms with Crippen LogP contribution in [0.1, 0.15) is 36.2 Å². The third-order valence-corrected chi connectivity index (χ3v) is 5.01. The Hall–Kier alpha value is -2.86. The summed E-state index contributed by atoms with van der Waals surface area (Å²) in [5, 5.41) is 2.93. The molecule has 2 amide bonds. The average Bonchev–Trinajstić information content (AvgIpc) is 2.98. The number of para-hydroxylation sites is 1. The Kier molecular flexibility index (Phi) is 7.85. The highest BCUT2D eigenvalue weighted by Gasteiger charge is 2.20. The highest BCUT2D eigenvalue weighted by atomic mass is 16.6. The molecule has 1 aliphatic heterocycles. The van der Waals surface area contributed by atoms with Crippen molar-refractivity contribution in [1.82, 2.24) is 9.80 Å². The van der Waals surface area contributed by atoms with Gasteiger partial charge in [0.1, 0.15) is 0 Å². The van der Waals surface area contributed by atoms with Crippen LogP contribution in [-0.4, -0.2) is 54.6 Å². The van der Waals surface area contributed by atoms with Gasteiger partial charge in [0.15, 0.2) is 0 Å². The largest absolute Gasteiger partial charge is 0.449 e. The second-order valence-electron chi connectivity index (χ2n) is 8.11. The number of anilines is 1. The van der Waals surface area contributed by atoms with Crippen LogP contribution < -0.4 is 5.32 Å². The maximum absolute atomic E-state index is 12.6. The first kappa shape index (κ1) is 21.8. The molecule has 6 heteroatoms. The summed E-state index contributed by atoms with van der Waals surface area (Å²) in [4.78, 5) is 28.9. The normalized spacial score (nSPS) is 15.0. The van der Waals surface area contributed by atoms with Crippen LogP contribution >= 0.6 is 0 Å². The molecule has 2 aromatic rings. The summed E-state index contributed by atoms with van der Waals surface area (Å²) in [5.74, 6) is 0.224. The van der Waals surface area contributed by atoms with E-state index in [0.717, 1.165) is 37.3 Å². The van der Waals surface area contributed by atoms with Gasteiger partial charge in [0.2, 0.25) is 0 Å². The number of hydrogen-bond donors (Lipinski definition) is 1. The average molecular weight is 410 g/mol. The Morgan fingerprint density at radius 1 is 1.00 bits per heavy atom. The fourth-order valence-electron chi connectivity index (χ4n) is 3.43. The molecular formula is C24H31N3O3. The van der Waals surface area contributed by atoms with Gasteiger partial charge in [0.25, 0.3) is 5.91 Å². The smallest absolute Gasteiger partial charge is 0.409 e. The summed E-state index contributed by atoms with van der Waals surface area (Å²) < 4.78 is 5.37. The van der Waals surface area contributed by atoms with Gasteiger partial charge in [0.05, 0.1) is 6.61 Å². The van der Waals surface area contributed by atoms with Crippen molar-refractivity contribution in [3.8, 4) is 0 Å². The standard InChI is InChI=1S/C24H31N3O3/c1-19(2)18-30-24(29)27-13-7-12-26(14-15-27)17-20-8-6-9-21(16-20)23(28)25-22-10-4-3-5-11-22/h3-6,8-11,16,19H,7,12-15,17-18H2,1-2H3,(H,25,28). The molecular weight excluding hydrogens is 378 g/mol. The van der Waals surface area contributed by atoms with E-state index in [1.54, 1.807) is 4.90 Å². The lowest BCUT2D eigenvalue weighted by Crippen LogP contribution is -2.36. The summed E-state index contributed by atoms with van der Waals surface area (Å²) in [5.41, 5.74) is 2.52. The molecule has 0 radical (unpaired) electrons. The lowest BCUT2D eigenvalue weighted by molar-refractivity contribution is 0.0929. The Balaban J connectivity index is 1.54. The molecule has 1 aliphatic rings. The predicted molar refractivity (Wildman–Crippen MR) is 118 cm³/mol. The van der Waals surface area contributed by atoms with Crippen LogP contribution in [0.3, 0.4) is 0 Å².